The third-order valence-electron chi connectivity index (χ3n) is 3.42. The first-order valence-electron chi connectivity index (χ1n) is 7.55. The highest BCUT2D eigenvalue weighted by Crippen LogP contribution is 2.21. The van der Waals surface area contributed by atoms with E-state index in [0.29, 0.717) is 22.6 Å². The molecule has 7 nitrogen and oxygen atoms in total. The number of rotatable bonds is 8. The summed E-state index contributed by atoms with van der Waals surface area (Å²) in [5.74, 6) is 7.15. The van der Waals surface area contributed by atoms with Crippen LogP contribution < -0.4 is 22.2 Å². The van der Waals surface area contributed by atoms with E-state index in [-0.39, 0.29) is 29.7 Å². The van der Waals surface area contributed by atoms with Crippen molar-refractivity contribution in [3.05, 3.63) is 46.6 Å². The van der Waals surface area contributed by atoms with Gasteiger partial charge in [0.15, 0.2) is 0 Å². The quantitative estimate of drug-likeness (QED) is 0.204. The number of ether oxygens (including phenoxy) is 1. The molecule has 0 amide bonds. The number of phenols is 1. The standard InChI is InChI=1S/C16H21N3O4S2/c17-11(8-22-13(9-25)3-4-24)7-19(18)14-5-10-1-2-12(20)6-15(10)23-16(14)21/h1-2,5-7,13,20,24-25H,3-4,8-9,17-18H2/b11-7-/t13-/m0/s1. The van der Waals surface area contributed by atoms with Crippen molar-refractivity contribution < 1.29 is 14.3 Å². The van der Waals surface area contributed by atoms with E-state index < -0.39 is 5.63 Å². The van der Waals surface area contributed by atoms with Crippen molar-refractivity contribution >= 4 is 41.9 Å². The van der Waals surface area contributed by atoms with Gasteiger partial charge in [-0.2, -0.15) is 25.3 Å². The fourth-order valence-corrected chi connectivity index (χ4v) is 2.72. The SMILES string of the molecule is N/C(=C\N(N)c1cc2ccc(O)cc2oc1=O)CO[C@H](CS)CCS. The molecule has 1 heterocycles. The molecule has 0 fully saturated rings. The fourth-order valence-electron chi connectivity index (χ4n) is 2.14. The average Bonchev–Trinajstić information content (AvgIpc) is 2.57. The maximum Gasteiger partial charge on any atom is 0.361 e. The van der Waals surface area contributed by atoms with Crippen molar-refractivity contribution in [1.82, 2.24) is 0 Å². The zero-order chi connectivity index (χ0) is 18.4. The molecule has 0 aliphatic heterocycles. The zero-order valence-electron chi connectivity index (χ0n) is 13.5. The summed E-state index contributed by atoms with van der Waals surface area (Å²) in [4.78, 5) is 12.1. The van der Waals surface area contributed by atoms with Crippen LogP contribution in [0.15, 0.2) is 45.4 Å². The number of phenolic OH excluding ortho intramolecular Hbond substituents is 1. The molecule has 0 saturated carbocycles. The molecule has 0 unspecified atom stereocenters. The normalized spacial score (nSPS) is 13.2. The summed E-state index contributed by atoms with van der Waals surface area (Å²) in [7, 11) is 0. The Labute approximate surface area is 156 Å². The maximum atomic E-state index is 12.1. The second-order valence-electron chi connectivity index (χ2n) is 5.38. The van der Waals surface area contributed by atoms with Crippen molar-refractivity contribution in [2.45, 2.75) is 12.5 Å². The number of thiol groups is 2. The minimum absolute atomic E-state index is 0.00856. The molecule has 0 saturated heterocycles. The van der Waals surface area contributed by atoms with Crippen LogP contribution in [-0.2, 0) is 4.74 Å². The first-order chi connectivity index (χ1) is 11.9. The monoisotopic (exact) mass is 383 g/mol. The van der Waals surface area contributed by atoms with Crippen molar-refractivity contribution in [1.29, 1.82) is 0 Å². The zero-order valence-corrected chi connectivity index (χ0v) is 15.2. The molecule has 0 aliphatic rings. The average molecular weight is 383 g/mol. The predicted octanol–water partition coefficient (Wildman–Crippen LogP) is 1.61. The van der Waals surface area contributed by atoms with Crippen LogP contribution in [0.3, 0.4) is 0 Å². The molecule has 136 valence electrons. The van der Waals surface area contributed by atoms with Gasteiger partial charge >= 0.3 is 5.63 Å². The molecule has 5 N–H and O–H groups in total. The summed E-state index contributed by atoms with van der Waals surface area (Å²) < 4.78 is 10.8. The highest BCUT2D eigenvalue weighted by molar-refractivity contribution is 7.80. The van der Waals surface area contributed by atoms with Crippen molar-refractivity contribution in [3.8, 4) is 5.75 Å². The van der Waals surface area contributed by atoms with Gasteiger partial charge in [-0.05, 0) is 30.4 Å². The Morgan fingerprint density at radius 1 is 1.40 bits per heavy atom. The molecule has 0 bridgehead atoms. The van der Waals surface area contributed by atoms with Crippen molar-refractivity contribution in [3.63, 3.8) is 0 Å². The Balaban J connectivity index is 2.15. The lowest BCUT2D eigenvalue weighted by Gasteiger charge is -2.17. The van der Waals surface area contributed by atoms with E-state index in [2.05, 4.69) is 25.3 Å². The molecule has 9 heteroatoms. The van der Waals surface area contributed by atoms with Crippen LogP contribution in [0.4, 0.5) is 5.69 Å². The molecular weight excluding hydrogens is 362 g/mol. The minimum Gasteiger partial charge on any atom is -0.508 e. The van der Waals surface area contributed by atoms with E-state index in [4.69, 9.17) is 20.7 Å². The van der Waals surface area contributed by atoms with Gasteiger partial charge in [0, 0.05) is 23.4 Å². The molecule has 0 spiro atoms. The van der Waals surface area contributed by atoms with Crippen LogP contribution in [0.5, 0.6) is 5.75 Å². The molecule has 0 radical (unpaired) electrons. The minimum atomic E-state index is -0.645. The van der Waals surface area contributed by atoms with E-state index in [0.717, 1.165) is 11.4 Å². The van der Waals surface area contributed by atoms with Gasteiger partial charge in [0.05, 0.1) is 18.4 Å². The summed E-state index contributed by atoms with van der Waals surface area (Å²) in [6.07, 6.45) is 2.10. The Hall–Kier alpha value is -1.81. The van der Waals surface area contributed by atoms with E-state index in [1.54, 1.807) is 12.1 Å². The number of nitrogens with zero attached hydrogens (tertiary/aromatic N) is 1. The molecule has 1 aromatic carbocycles. The number of hydrogen-bond acceptors (Lipinski definition) is 9. The van der Waals surface area contributed by atoms with Gasteiger partial charge in [0.1, 0.15) is 17.0 Å². The number of anilines is 1. The van der Waals surface area contributed by atoms with Crippen LogP contribution in [-0.4, -0.2) is 29.3 Å². The topological polar surface area (TPSA) is 115 Å². The van der Waals surface area contributed by atoms with Crippen LogP contribution in [0.25, 0.3) is 11.0 Å². The number of hydrazine groups is 1. The summed E-state index contributed by atoms with van der Waals surface area (Å²) >= 11 is 8.37. The van der Waals surface area contributed by atoms with E-state index in [1.165, 1.54) is 18.3 Å². The van der Waals surface area contributed by atoms with Crippen molar-refractivity contribution in [2.24, 2.45) is 11.6 Å². The molecule has 1 atom stereocenters. The van der Waals surface area contributed by atoms with Crippen LogP contribution in [0, 0.1) is 0 Å². The van der Waals surface area contributed by atoms with E-state index in [1.807, 2.05) is 0 Å². The van der Waals surface area contributed by atoms with Gasteiger partial charge in [0.2, 0.25) is 0 Å². The third-order valence-corrected chi connectivity index (χ3v) is 4.09. The first kappa shape index (κ1) is 19.5. The molecule has 1 aromatic heterocycles. The maximum absolute atomic E-state index is 12.1. The lowest BCUT2D eigenvalue weighted by Crippen LogP contribution is -2.31. The highest BCUT2D eigenvalue weighted by atomic mass is 32.1. The summed E-state index contributed by atoms with van der Waals surface area (Å²) in [5, 5.41) is 11.1. The molecule has 0 aliphatic carbocycles. The van der Waals surface area contributed by atoms with Gasteiger partial charge in [0.25, 0.3) is 0 Å². The van der Waals surface area contributed by atoms with Crippen molar-refractivity contribution in [2.75, 3.05) is 23.1 Å². The molecule has 25 heavy (non-hydrogen) atoms. The van der Waals surface area contributed by atoms with Gasteiger partial charge in [-0.1, -0.05) is 0 Å². The second kappa shape index (κ2) is 9.04. The fraction of sp³-hybridized carbons (Fsp3) is 0.312. The number of fused-ring (bicyclic) bond motifs is 1. The Morgan fingerprint density at radius 3 is 2.84 bits per heavy atom. The number of aromatic hydroxyl groups is 1. The molecular formula is C16H21N3O4S2. The van der Waals surface area contributed by atoms with Crippen LogP contribution in [0.1, 0.15) is 6.42 Å². The van der Waals surface area contributed by atoms with E-state index in [9.17, 15) is 9.90 Å². The number of nitrogens with two attached hydrogens (primary N) is 2. The van der Waals surface area contributed by atoms with Crippen LogP contribution >= 0.6 is 25.3 Å². The first-order valence-corrected chi connectivity index (χ1v) is 8.81. The summed E-state index contributed by atoms with van der Waals surface area (Å²) in [6.45, 7) is 0.152. The predicted molar refractivity (Wildman–Crippen MR) is 105 cm³/mol. The second-order valence-corrected chi connectivity index (χ2v) is 6.19. The molecule has 2 aromatic rings. The summed E-state index contributed by atoms with van der Waals surface area (Å²) in [5.41, 5.74) is 5.98. The highest BCUT2D eigenvalue weighted by Gasteiger charge is 2.11. The Bertz CT molecular complexity index is 810. The lowest BCUT2D eigenvalue weighted by atomic mass is 10.2. The van der Waals surface area contributed by atoms with Gasteiger partial charge in [-0.15, -0.1) is 0 Å². The van der Waals surface area contributed by atoms with Gasteiger partial charge < -0.3 is 20.0 Å². The smallest absolute Gasteiger partial charge is 0.361 e. The Morgan fingerprint density at radius 2 is 2.16 bits per heavy atom. The molecule has 2 rings (SSSR count). The largest absolute Gasteiger partial charge is 0.508 e. The van der Waals surface area contributed by atoms with Gasteiger partial charge in [-0.3, -0.25) is 5.01 Å². The van der Waals surface area contributed by atoms with Crippen LogP contribution in [0.2, 0.25) is 0 Å². The van der Waals surface area contributed by atoms with E-state index >= 15 is 0 Å². The number of benzene rings is 1. The number of hydrogen-bond donors (Lipinski definition) is 5. The third kappa shape index (κ3) is 5.33. The Kier molecular flexibility index (Phi) is 7.06. The lowest BCUT2D eigenvalue weighted by molar-refractivity contribution is 0.0847. The summed E-state index contributed by atoms with van der Waals surface area (Å²) in [6, 6.07) is 6.03. The van der Waals surface area contributed by atoms with Gasteiger partial charge in [-0.25, -0.2) is 10.6 Å².